The van der Waals surface area contributed by atoms with Crippen molar-refractivity contribution in [3.8, 4) is 11.4 Å². The molecule has 0 saturated heterocycles. The van der Waals surface area contributed by atoms with E-state index in [-0.39, 0.29) is 17.5 Å². The van der Waals surface area contributed by atoms with Crippen molar-refractivity contribution in [2.24, 2.45) is 7.05 Å². The van der Waals surface area contributed by atoms with Gasteiger partial charge in [-0.2, -0.15) is 0 Å². The van der Waals surface area contributed by atoms with E-state index in [0.717, 1.165) is 11.1 Å². The van der Waals surface area contributed by atoms with Crippen LogP contribution in [0.25, 0.3) is 11.4 Å². The van der Waals surface area contributed by atoms with Gasteiger partial charge in [-0.25, -0.2) is 8.78 Å². The highest BCUT2D eigenvalue weighted by molar-refractivity contribution is 7.99. The molecule has 1 amide bonds. The molecule has 1 heterocycles. The van der Waals surface area contributed by atoms with Gasteiger partial charge in [0, 0.05) is 18.3 Å². The van der Waals surface area contributed by atoms with E-state index in [0.29, 0.717) is 16.7 Å². The van der Waals surface area contributed by atoms with Gasteiger partial charge in [-0.3, -0.25) is 4.79 Å². The molecule has 5 nitrogen and oxygen atoms in total. The summed E-state index contributed by atoms with van der Waals surface area (Å²) < 4.78 is 28.1. The van der Waals surface area contributed by atoms with Gasteiger partial charge in [0.15, 0.2) is 11.0 Å². The van der Waals surface area contributed by atoms with E-state index in [9.17, 15) is 13.6 Å². The van der Waals surface area contributed by atoms with Crippen molar-refractivity contribution in [3.05, 3.63) is 59.7 Å². The Morgan fingerprint density at radius 2 is 1.81 bits per heavy atom. The Morgan fingerprint density at radius 3 is 2.54 bits per heavy atom. The van der Waals surface area contributed by atoms with Gasteiger partial charge in [0.1, 0.15) is 11.6 Å². The first kappa shape index (κ1) is 18.1. The van der Waals surface area contributed by atoms with Crippen molar-refractivity contribution in [1.82, 2.24) is 14.8 Å². The quantitative estimate of drug-likeness (QED) is 0.690. The summed E-state index contributed by atoms with van der Waals surface area (Å²) in [6.07, 6.45) is 0. The number of halogens is 2. The number of nitrogens with zero attached hydrogens (tertiary/aromatic N) is 3. The normalized spacial score (nSPS) is 10.8. The number of thioether (sulfide) groups is 1. The van der Waals surface area contributed by atoms with E-state index in [1.807, 2.05) is 0 Å². The molecule has 1 aromatic heterocycles. The third-order valence-corrected chi connectivity index (χ3v) is 4.76. The minimum absolute atomic E-state index is 0.103. The minimum atomic E-state index is -0.407. The SMILES string of the molecule is Cc1ccc(F)cc1NC(=O)CSc1nnc(-c2ccc(F)cc2)n1C. The smallest absolute Gasteiger partial charge is 0.234 e. The molecule has 0 unspecified atom stereocenters. The molecule has 134 valence electrons. The van der Waals surface area contributed by atoms with E-state index < -0.39 is 5.82 Å². The third kappa shape index (κ3) is 4.08. The zero-order chi connectivity index (χ0) is 18.7. The molecule has 3 rings (SSSR count). The van der Waals surface area contributed by atoms with Crippen molar-refractivity contribution < 1.29 is 13.6 Å². The van der Waals surface area contributed by atoms with Crippen molar-refractivity contribution in [2.45, 2.75) is 12.1 Å². The topological polar surface area (TPSA) is 59.8 Å². The maximum Gasteiger partial charge on any atom is 0.234 e. The molecule has 0 fully saturated rings. The van der Waals surface area contributed by atoms with E-state index in [4.69, 9.17) is 0 Å². The molecule has 1 N–H and O–H groups in total. The van der Waals surface area contributed by atoms with Gasteiger partial charge < -0.3 is 9.88 Å². The largest absolute Gasteiger partial charge is 0.325 e. The molecule has 0 atom stereocenters. The number of amides is 1. The monoisotopic (exact) mass is 374 g/mol. The summed E-state index contributed by atoms with van der Waals surface area (Å²) in [7, 11) is 1.77. The molecular weight excluding hydrogens is 358 g/mol. The second-order valence-electron chi connectivity index (χ2n) is 5.67. The molecule has 0 aliphatic rings. The first-order valence-corrected chi connectivity index (χ1v) is 8.77. The number of aromatic nitrogens is 3. The van der Waals surface area contributed by atoms with E-state index >= 15 is 0 Å². The van der Waals surface area contributed by atoms with Gasteiger partial charge in [-0.05, 0) is 48.9 Å². The van der Waals surface area contributed by atoms with Crippen LogP contribution in [-0.4, -0.2) is 26.4 Å². The zero-order valence-corrected chi connectivity index (χ0v) is 15.0. The van der Waals surface area contributed by atoms with Crippen LogP contribution in [0.15, 0.2) is 47.6 Å². The van der Waals surface area contributed by atoms with Crippen LogP contribution in [0.3, 0.4) is 0 Å². The van der Waals surface area contributed by atoms with Crippen LogP contribution in [0, 0.1) is 18.6 Å². The van der Waals surface area contributed by atoms with Gasteiger partial charge in [0.25, 0.3) is 0 Å². The number of carbonyl (C=O) groups is 1. The minimum Gasteiger partial charge on any atom is -0.325 e. The van der Waals surface area contributed by atoms with Crippen LogP contribution in [0.4, 0.5) is 14.5 Å². The number of rotatable bonds is 5. The maximum absolute atomic E-state index is 13.3. The fourth-order valence-corrected chi connectivity index (χ4v) is 3.05. The second kappa shape index (κ2) is 7.65. The predicted octanol–water partition coefficient (Wildman–Crippen LogP) is 3.80. The van der Waals surface area contributed by atoms with E-state index in [2.05, 4.69) is 15.5 Å². The van der Waals surface area contributed by atoms with Crippen LogP contribution in [0.1, 0.15) is 5.56 Å². The molecule has 0 spiro atoms. The molecule has 0 saturated carbocycles. The Morgan fingerprint density at radius 1 is 1.12 bits per heavy atom. The van der Waals surface area contributed by atoms with E-state index in [1.165, 1.54) is 36.0 Å². The first-order valence-electron chi connectivity index (χ1n) is 7.78. The zero-order valence-electron chi connectivity index (χ0n) is 14.2. The molecule has 2 aromatic carbocycles. The number of hydrogen-bond acceptors (Lipinski definition) is 4. The van der Waals surface area contributed by atoms with Crippen molar-refractivity contribution in [2.75, 3.05) is 11.1 Å². The average Bonchev–Trinajstić information content (AvgIpc) is 2.98. The standard InChI is InChI=1S/C18H16F2N4OS/c1-11-3-6-14(20)9-15(11)21-16(25)10-26-18-23-22-17(24(18)2)12-4-7-13(19)8-5-12/h3-9H,10H2,1-2H3,(H,21,25). The first-order chi connectivity index (χ1) is 12.4. The van der Waals surface area contributed by atoms with Crippen molar-refractivity contribution >= 4 is 23.4 Å². The number of carbonyl (C=O) groups excluding carboxylic acids is 1. The molecule has 8 heteroatoms. The number of anilines is 1. The fourth-order valence-electron chi connectivity index (χ4n) is 2.34. The van der Waals surface area contributed by atoms with Crippen LogP contribution < -0.4 is 5.32 Å². The summed E-state index contributed by atoms with van der Waals surface area (Å²) in [6.45, 7) is 1.79. The Balaban J connectivity index is 1.65. The molecule has 0 aliphatic carbocycles. The highest BCUT2D eigenvalue weighted by Crippen LogP contribution is 2.23. The number of hydrogen-bond donors (Lipinski definition) is 1. The lowest BCUT2D eigenvalue weighted by atomic mass is 10.2. The molecule has 0 aliphatic heterocycles. The number of benzene rings is 2. The Hall–Kier alpha value is -2.74. The second-order valence-corrected chi connectivity index (χ2v) is 6.61. The lowest BCUT2D eigenvalue weighted by Crippen LogP contribution is -2.15. The van der Waals surface area contributed by atoms with E-state index in [1.54, 1.807) is 36.7 Å². The lowest BCUT2D eigenvalue weighted by Gasteiger charge is -2.08. The third-order valence-electron chi connectivity index (χ3n) is 3.74. The fraction of sp³-hybridized carbons (Fsp3) is 0.167. The van der Waals surface area contributed by atoms with Crippen LogP contribution in [0.2, 0.25) is 0 Å². The van der Waals surface area contributed by atoms with Crippen LogP contribution in [0.5, 0.6) is 0 Å². The average molecular weight is 374 g/mol. The van der Waals surface area contributed by atoms with Gasteiger partial charge >= 0.3 is 0 Å². The molecular formula is C18H16F2N4OS. The van der Waals surface area contributed by atoms with Gasteiger partial charge in [-0.1, -0.05) is 17.8 Å². The molecule has 3 aromatic rings. The highest BCUT2D eigenvalue weighted by Gasteiger charge is 2.13. The van der Waals surface area contributed by atoms with Gasteiger partial charge in [-0.15, -0.1) is 10.2 Å². The van der Waals surface area contributed by atoms with Crippen molar-refractivity contribution in [3.63, 3.8) is 0 Å². The number of nitrogens with one attached hydrogen (secondary N) is 1. The number of aryl methyl sites for hydroxylation is 1. The van der Waals surface area contributed by atoms with Gasteiger partial charge in [0.05, 0.1) is 5.75 Å². The Kier molecular flexibility index (Phi) is 5.32. The summed E-state index contributed by atoms with van der Waals surface area (Å²) in [4.78, 5) is 12.1. The predicted molar refractivity (Wildman–Crippen MR) is 96.9 cm³/mol. The molecule has 0 bridgehead atoms. The lowest BCUT2D eigenvalue weighted by molar-refractivity contribution is -0.113. The summed E-state index contributed by atoms with van der Waals surface area (Å²) in [5, 5.41) is 11.4. The summed E-state index contributed by atoms with van der Waals surface area (Å²) >= 11 is 1.21. The summed E-state index contributed by atoms with van der Waals surface area (Å²) in [5.41, 5.74) is 1.95. The maximum atomic E-state index is 13.3. The van der Waals surface area contributed by atoms with Gasteiger partial charge in [0.2, 0.25) is 5.91 Å². The summed E-state index contributed by atoms with van der Waals surface area (Å²) in [6, 6.07) is 10.2. The summed E-state index contributed by atoms with van der Waals surface area (Å²) in [5.74, 6) is -0.319. The van der Waals surface area contributed by atoms with Crippen LogP contribution >= 0.6 is 11.8 Å². The van der Waals surface area contributed by atoms with Crippen LogP contribution in [-0.2, 0) is 11.8 Å². The highest BCUT2D eigenvalue weighted by atomic mass is 32.2. The van der Waals surface area contributed by atoms with Crippen molar-refractivity contribution in [1.29, 1.82) is 0 Å². The Bertz CT molecular complexity index is 941. The molecule has 26 heavy (non-hydrogen) atoms. The molecule has 0 radical (unpaired) electrons. The Labute approximate surface area is 153 Å².